The largest absolute Gasteiger partial charge is 0.478 e. The first-order valence-corrected chi connectivity index (χ1v) is 7.20. The molecule has 2 aromatic carbocycles. The highest BCUT2D eigenvalue weighted by Gasteiger charge is 2.03. The molecule has 0 aliphatic heterocycles. The third kappa shape index (κ3) is 4.20. The third-order valence-electron chi connectivity index (χ3n) is 3.09. The topological polar surface area (TPSA) is 46.5 Å². The molecule has 0 atom stereocenters. The Morgan fingerprint density at radius 3 is 2.38 bits per heavy atom. The van der Waals surface area contributed by atoms with Crippen molar-refractivity contribution >= 4 is 28.0 Å². The summed E-state index contributed by atoms with van der Waals surface area (Å²) in [7, 11) is 0. The lowest BCUT2D eigenvalue weighted by atomic mass is 10.1. The van der Waals surface area contributed by atoms with E-state index in [1.54, 1.807) is 6.07 Å². The van der Waals surface area contributed by atoms with E-state index < -0.39 is 5.97 Å². The normalized spacial score (nSPS) is 10.8. The van der Waals surface area contributed by atoms with Crippen LogP contribution >= 0.6 is 15.9 Å². The van der Waals surface area contributed by atoms with Gasteiger partial charge in [-0.25, -0.2) is 4.79 Å². The smallest absolute Gasteiger partial charge is 0.328 e. The number of aryl methyl sites for hydroxylation is 2. The van der Waals surface area contributed by atoms with E-state index in [1.807, 2.05) is 37.3 Å². The lowest BCUT2D eigenvalue weighted by molar-refractivity contribution is -0.131. The summed E-state index contributed by atoms with van der Waals surface area (Å²) in [6.07, 6.45) is 2.64. The minimum absolute atomic E-state index is 0.692. The van der Waals surface area contributed by atoms with Gasteiger partial charge in [0.15, 0.2) is 0 Å². The molecule has 108 valence electrons. The van der Waals surface area contributed by atoms with Crippen LogP contribution in [0.15, 0.2) is 46.9 Å². The standard InChI is InChI=1S/C17H15BrO3/c1-11-3-6-14(9-12(11)2)21-15-7-4-13(16(18)10-15)5-8-17(19)20/h3-10H,1-2H3,(H,19,20)/b8-5+. The van der Waals surface area contributed by atoms with Gasteiger partial charge in [0.05, 0.1) is 0 Å². The van der Waals surface area contributed by atoms with Crippen LogP contribution in [0, 0.1) is 13.8 Å². The molecule has 3 nitrogen and oxygen atoms in total. The van der Waals surface area contributed by atoms with Crippen molar-refractivity contribution in [2.75, 3.05) is 0 Å². The van der Waals surface area contributed by atoms with Crippen LogP contribution in [0.3, 0.4) is 0 Å². The molecule has 0 unspecified atom stereocenters. The molecule has 0 heterocycles. The molecule has 0 aliphatic rings. The third-order valence-corrected chi connectivity index (χ3v) is 3.78. The maximum atomic E-state index is 10.5. The highest BCUT2D eigenvalue weighted by atomic mass is 79.9. The summed E-state index contributed by atoms with van der Waals surface area (Å²) in [5, 5.41) is 8.64. The van der Waals surface area contributed by atoms with E-state index in [-0.39, 0.29) is 0 Å². The summed E-state index contributed by atoms with van der Waals surface area (Å²) in [6.45, 7) is 4.09. The Morgan fingerprint density at radius 2 is 1.76 bits per heavy atom. The summed E-state index contributed by atoms with van der Waals surface area (Å²) >= 11 is 3.41. The maximum Gasteiger partial charge on any atom is 0.328 e. The Bertz CT molecular complexity index is 705. The average molecular weight is 347 g/mol. The van der Waals surface area contributed by atoms with Crippen molar-refractivity contribution in [2.24, 2.45) is 0 Å². The van der Waals surface area contributed by atoms with Gasteiger partial charge in [-0.3, -0.25) is 0 Å². The van der Waals surface area contributed by atoms with Gasteiger partial charge in [0.25, 0.3) is 0 Å². The van der Waals surface area contributed by atoms with Gasteiger partial charge in [0.2, 0.25) is 0 Å². The van der Waals surface area contributed by atoms with Crippen LogP contribution in [0.25, 0.3) is 6.08 Å². The van der Waals surface area contributed by atoms with Gasteiger partial charge >= 0.3 is 5.97 Å². The zero-order valence-corrected chi connectivity index (χ0v) is 13.3. The second-order valence-electron chi connectivity index (χ2n) is 4.70. The number of ether oxygens (including phenoxy) is 1. The first-order valence-electron chi connectivity index (χ1n) is 6.41. The van der Waals surface area contributed by atoms with Gasteiger partial charge in [0.1, 0.15) is 11.5 Å². The maximum absolute atomic E-state index is 10.5. The lowest BCUT2D eigenvalue weighted by Gasteiger charge is -2.09. The second-order valence-corrected chi connectivity index (χ2v) is 5.56. The van der Waals surface area contributed by atoms with Gasteiger partial charge in [-0.2, -0.15) is 0 Å². The van der Waals surface area contributed by atoms with Crippen molar-refractivity contribution in [3.63, 3.8) is 0 Å². The van der Waals surface area contributed by atoms with E-state index in [4.69, 9.17) is 9.84 Å². The van der Waals surface area contributed by atoms with Crippen molar-refractivity contribution in [1.82, 2.24) is 0 Å². The first-order chi connectivity index (χ1) is 9.95. The van der Waals surface area contributed by atoms with Crippen molar-refractivity contribution in [2.45, 2.75) is 13.8 Å². The molecule has 0 radical (unpaired) electrons. The molecule has 21 heavy (non-hydrogen) atoms. The van der Waals surface area contributed by atoms with Crippen LogP contribution in [0.4, 0.5) is 0 Å². The van der Waals surface area contributed by atoms with Crippen molar-refractivity contribution in [3.8, 4) is 11.5 Å². The molecule has 2 aromatic rings. The van der Waals surface area contributed by atoms with Crippen LogP contribution in [-0.2, 0) is 4.79 Å². The Labute approximate surface area is 132 Å². The summed E-state index contributed by atoms with van der Waals surface area (Å²) in [5.74, 6) is 0.494. The Balaban J connectivity index is 2.20. The SMILES string of the molecule is Cc1ccc(Oc2ccc(/C=C/C(=O)O)c(Br)c2)cc1C. The summed E-state index contributed by atoms with van der Waals surface area (Å²) in [4.78, 5) is 10.5. The van der Waals surface area contributed by atoms with Gasteiger partial charge < -0.3 is 9.84 Å². The number of rotatable bonds is 4. The predicted molar refractivity (Wildman–Crippen MR) is 86.8 cm³/mol. The fourth-order valence-electron chi connectivity index (χ4n) is 1.78. The van der Waals surface area contributed by atoms with Gasteiger partial charge in [-0.15, -0.1) is 0 Å². The molecule has 2 rings (SSSR count). The Kier molecular flexibility index (Phi) is 4.81. The molecule has 0 amide bonds. The van der Waals surface area contributed by atoms with E-state index in [9.17, 15) is 4.79 Å². The Morgan fingerprint density at radius 1 is 1.10 bits per heavy atom. The molecular weight excluding hydrogens is 332 g/mol. The fourth-order valence-corrected chi connectivity index (χ4v) is 2.27. The zero-order chi connectivity index (χ0) is 15.4. The molecule has 1 N–H and O–H groups in total. The zero-order valence-electron chi connectivity index (χ0n) is 11.8. The summed E-state index contributed by atoms with van der Waals surface area (Å²) in [5.41, 5.74) is 3.18. The first kappa shape index (κ1) is 15.3. The number of hydrogen-bond donors (Lipinski definition) is 1. The van der Waals surface area contributed by atoms with E-state index in [2.05, 4.69) is 22.9 Å². The molecule has 0 saturated heterocycles. The molecule has 4 heteroatoms. The van der Waals surface area contributed by atoms with Crippen molar-refractivity contribution in [1.29, 1.82) is 0 Å². The monoisotopic (exact) mass is 346 g/mol. The lowest BCUT2D eigenvalue weighted by Crippen LogP contribution is -1.89. The van der Waals surface area contributed by atoms with Crippen molar-refractivity contribution < 1.29 is 14.6 Å². The van der Waals surface area contributed by atoms with Gasteiger partial charge in [-0.05, 0) is 60.9 Å². The molecule has 0 saturated carbocycles. The number of carboxylic acid groups (broad SMARTS) is 1. The van der Waals surface area contributed by atoms with Crippen LogP contribution in [0.5, 0.6) is 11.5 Å². The molecule has 0 fully saturated rings. The van der Waals surface area contributed by atoms with Gasteiger partial charge in [0, 0.05) is 10.5 Å². The number of halogens is 1. The fraction of sp³-hybridized carbons (Fsp3) is 0.118. The highest BCUT2D eigenvalue weighted by molar-refractivity contribution is 9.10. The predicted octanol–water partition coefficient (Wildman–Crippen LogP) is 4.96. The summed E-state index contributed by atoms with van der Waals surface area (Å²) in [6, 6.07) is 11.4. The molecule has 0 bridgehead atoms. The minimum atomic E-state index is -0.975. The number of aliphatic carboxylic acids is 1. The van der Waals surface area contributed by atoms with Gasteiger partial charge in [-0.1, -0.05) is 28.1 Å². The molecular formula is C17H15BrO3. The number of benzene rings is 2. The number of hydrogen-bond acceptors (Lipinski definition) is 2. The van der Waals surface area contributed by atoms with Crippen molar-refractivity contribution in [3.05, 3.63) is 63.6 Å². The molecule has 0 spiro atoms. The van der Waals surface area contributed by atoms with Crippen LogP contribution in [0.1, 0.15) is 16.7 Å². The molecule has 0 aliphatic carbocycles. The van der Waals surface area contributed by atoms with E-state index in [0.29, 0.717) is 5.75 Å². The molecule has 0 aromatic heterocycles. The van der Waals surface area contributed by atoms with Crippen LogP contribution in [-0.4, -0.2) is 11.1 Å². The highest BCUT2D eigenvalue weighted by Crippen LogP contribution is 2.28. The van der Waals surface area contributed by atoms with E-state index in [1.165, 1.54) is 17.2 Å². The van der Waals surface area contributed by atoms with E-state index in [0.717, 1.165) is 21.9 Å². The number of carbonyl (C=O) groups is 1. The van der Waals surface area contributed by atoms with Crippen LogP contribution < -0.4 is 4.74 Å². The summed E-state index contributed by atoms with van der Waals surface area (Å²) < 4.78 is 6.58. The average Bonchev–Trinajstić information content (AvgIpc) is 2.42. The van der Waals surface area contributed by atoms with Crippen LogP contribution in [0.2, 0.25) is 0 Å². The second kappa shape index (κ2) is 6.59. The van der Waals surface area contributed by atoms with E-state index >= 15 is 0 Å². The Hall–Kier alpha value is -2.07. The quantitative estimate of drug-likeness (QED) is 0.796. The minimum Gasteiger partial charge on any atom is -0.478 e. The number of carboxylic acids is 1.